The van der Waals surface area contributed by atoms with Gasteiger partial charge in [-0.25, -0.2) is 0 Å². The van der Waals surface area contributed by atoms with Gasteiger partial charge in [0.05, 0.1) is 13.7 Å². The van der Waals surface area contributed by atoms with Crippen molar-refractivity contribution in [2.75, 3.05) is 13.7 Å². The van der Waals surface area contributed by atoms with Gasteiger partial charge in [0.15, 0.2) is 5.41 Å². The Morgan fingerprint density at radius 1 is 1.00 bits per heavy atom. The maximum absolute atomic E-state index is 12.6. The zero-order chi connectivity index (χ0) is 21.5. The minimum Gasteiger partial charge on any atom is -0.469 e. The van der Waals surface area contributed by atoms with Crippen LogP contribution in [0.15, 0.2) is 0 Å². The Balaban J connectivity index is 2.36. The number of ether oxygens (including phenoxy) is 3. The molecule has 0 saturated carbocycles. The van der Waals surface area contributed by atoms with Crippen molar-refractivity contribution in [3.8, 4) is 0 Å². The number of cyclic esters (lactones) is 1. The van der Waals surface area contributed by atoms with Crippen LogP contribution >= 0.6 is 0 Å². The van der Waals surface area contributed by atoms with Crippen molar-refractivity contribution >= 4 is 17.9 Å². The Kier molecular flexibility index (Phi) is 12.6. The van der Waals surface area contributed by atoms with E-state index in [1.807, 2.05) is 0 Å². The summed E-state index contributed by atoms with van der Waals surface area (Å²) in [5, 5.41) is 0. The summed E-state index contributed by atoms with van der Waals surface area (Å²) in [5.74, 6) is -0.942. The highest BCUT2D eigenvalue weighted by Crippen LogP contribution is 2.41. The fraction of sp³-hybridized carbons (Fsp3) is 0.870. The first-order chi connectivity index (χ1) is 14.0. The summed E-state index contributed by atoms with van der Waals surface area (Å²) < 4.78 is 15.5. The Bertz CT molecular complexity index is 504. The monoisotopic (exact) mass is 412 g/mol. The number of carbonyl (C=O) groups is 3. The molecule has 0 bridgehead atoms. The second kappa shape index (κ2) is 14.4. The predicted molar refractivity (Wildman–Crippen MR) is 111 cm³/mol. The van der Waals surface area contributed by atoms with Crippen molar-refractivity contribution < 1.29 is 28.6 Å². The Hall–Kier alpha value is -1.59. The van der Waals surface area contributed by atoms with Gasteiger partial charge in [0.25, 0.3) is 0 Å². The molecule has 0 aromatic rings. The Labute approximate surface area is 176 Å². The molecule has 6 nitrogen and oxygen atoms in total. The van der Waals surface area contributed by atoms with Gasteiger partial charge in [-0.1, -0.05) is 58.3 Å². The molecular formula is C23H40O6. The fourth-order valence-corrected chi connectivity index (χ4v) is 3.98. The highest BCUT2D eigenvalue weighted by Gasteiger charge is 2.55. The van der Waals surface area contributed by atoms with Gasteiger partial charge in [-0.3, -0.25) is 14.4 Å². The minimum atomic E-state index is -1.09. The second-order valence-corrected chi connectivity index (χ2v) is 8.08. The molecule has 1 heterocycles. The summed E-state index contributed by atoms with van der Waals surface area (Å²) in [7, 11) is 1.42. The molecular weight excluding hydrogens is 372 g/mol. The first-order valence-corrected chi connectivity index (χ1v) is 11.4. The fourth-order valence-electron chi connectivity index (χ4n) is 3.98. The third-order valence-electron chi connectivity index (χ3n) is 5.75. The lowest BCUT2D eigenvalue weighted by molar-refractivity contribution is -0.165. The second-order valence-electron chi connectivity index (χ2n) is 8.08. The molecule has 0 N–H and O–H groups in total. The van der Waals surface area contributed by atoms with Gasteiger partial charge in [0, 0.05) is 12.8 Å². The topological polar surface area (TPSA) is 78.9 Å². The van der Waals surface area contributed by atoms with Crippen molar-refractivity contribution in [2.45, 2.75) is 110 Å². The van der Waals surface area contributed by atoms with Gasteiger partial charge in [-0.15, -0.1) is 0 Å². The van der Waals surface area contributed by atoms with Gasteiger partial charge < -0.3 is 14.2 Å². The van der Waals surface area contributed by atoms with Crippen LogP contribution in [0.4, 0.5) is 0 Å². The molecule has 1 saturated heterocycles. The van der Waals surface area contributed by atoms with Crippen molar-refractivity contribution in [2.24, 2.45) is 5.41 Å². The lowest BCUT2D eigenvalue weighted by atomic mass is 9.79. The predicted octanol–water partition coefficient (Wildman–Crippen LogP) is 5.12. The molecule has 1 aliphatic rings. The molecule has 0 radical (unpaired) electrons. The molecule has 6 heteroatoms. The van der Waals surface area contributed by atoms with Crippen LogP contribution in [0.3, 0.4) is 0 Å². The largest absolute Gasteiger partial charge is 0.469 e. The molecule has 0 amide bonds. The summed E-state index contributed by atoms with van der Waals surface area (Å²) in [5.41, 5.74) is -1.09. The third-order valence-corrected chi connectivity index (χ3v) is 5.75. The Morgan fingerprint density at radius 2 is 1.66 bits per heavy atom. The summed E-state index contributed by atoms with van der Waals surface area (Å²) >= 11 is 0. The number of hydrogen-bond acceptors (Lipinski definition) is 6. The molecule has 168 valence electrons. The maximum Gasteiger partial charge on any atom is 0.323 e. The number of unbranched alkanes of at least 4 members (excludes halogenated alkanes) is 8. The van der Waals surface area contributed by atoms with E-state index in [-0.39, 0.29) is 24.6 Å². The highest BCUT2D eigenvalue weighted by atomic mass is 16.6. The molecule has 1 rings (SSSR count). The van der Waals surface area contributed by atoms with Gasteiger partial charge in [-0.05, 0) is 32.6 Å². The van der Waals surface area contributed by atoms with E-state index in [0.29, 0.717) is 19.3 Å². The molecule has 2 atom stereocenters. The van der Waals surface area contributed by atoms with Crippen LogP contribution < -0.4 is 0 Å². The lowest BCUT2D eigenvalue weighted by Crippen LogP contribution is -2.37. The SMILES string of the molecule is CCCCCCC1(C(=O)OCC)CC(CCCCCCCCC(=O)OC)OC1=O. The van der Waals surface area contributed by atoms with E-state index in [0.717, 1.165) is 70.6 Å². The summed E-state index contributed by atoms with van der Waals surface area (Å²) in [6, 6.07) is 0. The smallest absolute Gasteiger partial charge is 0.323 e. The summed E-state index contributed by atoms with van der Waals surface area (Å²) in [6.07, 6.45) is 12.3. The quantitative estimate of drug-likeness (QED) is 0.152. The standard InChI is InChI=1S/C23H40O6/c1-4-6-7-14-17-23(21(25)28-5-2)18-19(29-22(23)26)15-12-10-8-9-11-13-16-20(24)27-3/h19H,4-18H2,1-3H3. The highest BCUT2D eigenvalue weighted by molar-refractivity contribution is 6.01. The molecule has 0 spiro atoms. The van der Waals surface area contributed by atoms with Crippen LogP contribution in [0.5, 0.6) is 0 Å². The van der Waals surface area contributed by atoms with Crippen molar-refractivity contribution in [1.82, 2.24) is 0 Å². The number of carbonyl (C=O) groups excluding carboxylic acids is 3. The zero-order valence-corrected chi connectivity index (χ0v) is 18.6. The van der Waals surface area contributed by atoms with E-state index in [2.05, 4.69) is 11.7 Å². The lowest BCUT2D eigenvalue weighted by Gasteiger charge is -2.22. The number of esters is 3. The Morgan fingerprint density at radius 3 is 2.31 bits per heavy atom. The molecule has 0 aromatic carbocycles. The average Bonchev–Trinajstić information content (AvgIpc) is 3.03. The van der Waals surface area contributed by atoms with Gasteiger partial charge in [0.1, 0.15) is 6.10 Å². The van der Waals surface area contributed by atoms with Crippen molar-refractivity contribution in [1.29, 1.82) is 0 Å². The van der Waals surface area contributed by atoms with Crippen LogP contribution in [0.25, 0.3) is 0 Å². The van der Waals surface area contributed by atoms with E-state index in [1.54, 1.807) is 6.92 Å². The van der Waals surface area contributed by atoms with Crippen LogP contribution in [-0.4, -0.2) is 37.7 Å². The zero-order valence-electron chi connectivity index (χ0n) is 18.6. The summed E-state index contributed by atoms with van der Waals surface area (Å²) in [4.78, 5) is 36.3. The van der Waals surface area contributed by atoms with Crippen LogP contribution in [0.2, 0.25) is 0 Å². The first-order valence-electron chi connectivity index (χ1n) is 11.4. The van der Waals surface area contributed by atoms with Crippen molar-refractivity contribution in [3.63, 3.8) is 0 Å². The number of hydrogen-bond donors (Lipinski definition) is 0. The van der Waals surface area contributed by atoms with Gasteiger partial charge in [0.2, 0.25) is 0 Å². The minimum absolute atomic E-state index is 0.146. The third kappa shape index (κ3) is 8.75. The first kappa shape index (κ1) is 25.4. The molecule has 0 aromatic heterocycles. The molecule has 1 fully saturated rings. The van der Waals surface area contributed by atoms with Gasteiger partial charge >= 0.3 is 17.9 Å². The molecule has 2 unspecified atom stereocenters. The van der Waals surface area contributed by atoms with E-state index in [1.165, 1.54) is 7.11 Å². The van der Waals surface area contributed by atoms with Crippen LogP contribution in [-0.2, 0) is 28.6 Å². The van der Waals surface area contributed by atoms with Crippen LogP contribution in [0, 0.1) is 5.41 Å². The molecule has 29 heavy (non-hydrogen) atoms. The van der Waals surface area contributed by atoms with Crippen LogP contribution in [0.1, 0.15) is 104 Å². The van der Waals surface area contributed by atoms with E-state index >= 15 is 0 Å². The number of rotatable bonds is 16. The van der Waals surface area contributed by atoms with E-state index < -0.39 is 11.4 Å². The van der Waals surface area contributed by atoms with E-state index in [9.17, 15) is 14.4 Å². The van der Waals surface area contributed by atoms with Crippen molar-refractivity contribution in [3.05, 3.63) is 0 Å². The normalized spacial score (nSPS) is 21.1. The number of methoxy groups -OCH3 is 1. The van der Waals surface area contributed by atoms with Gasteiger partial charge in [-0.2, -0.15) is 0 Å². The molecule has 0 aliphatic carbocycles. The maximum atomic E-state index is 12.6. The average molecular weight is 413 g/mol. The summed E-state index contributed by atoms with van der Waals surface area (Å²) in [6.45, 7) is 4.19. The molecule has 1 aliphatic heterocycles. The van der Waals surface area contributed by atoms with E-state index in [4.69, 9.17) is 9.47 Å².